The first-order chi connectivity index (χ1) is 12.7. The number of hydrogen-bond donors (Lipinski definition) is 1. The Labute approximate surface area is 164 Å². The van der Waals surface area contributed by atoms with E-state index in [1.165, 1.54) is 30.6 Å². The number of rotatable bonds is 6. The first-order valence-corrected chi connectivity index (χ1v) is 10.3. The van der Waals surface area contributed by atoms with Crippen LogP contribution in [0.1, 0.15) is 47.0 Å². The van der Waals surface area contributed by atoms with E-state index in [-0.39, 0.29) is 11.9 Å². The molecule has 1 saturated heterocycles. The number of ether oxygens (including phenoxy) is 1. The predicted molar refractivity (Wildman–Crippen MR) is 107 cm³/mol. The van der Waals surface area contributed by atoms with E-state index in [2.05, 4.69) is 27.7 Å². The van der Waals surface area contributed by atoms with Crippen molar-refractivity contribution in [1.29, 1.82) is 0 Å². The summed E-state index contributed by atoms with van der Waals surface area (Å²) in [6.45, 7) is 2.78. The lowest BCUT2D eigenvalue weighted by atomic mass is 10.1. The normalized spacial score (nSPS) is 16.7. The zero-order chi connectivity index (χ0) is 18.4. The molecule has 0 aliphatic carbocycles. The summed E-state index contributed by atoms with van der Waals surface area (Å²) < 4.78 is 5.15. The van der Waals surface area contributed by atoms with Crippen LogP contribution in [0, 0.1) is 0 Å². The fraction of sp³-hybridized carbons (Fsp3) is 0.450. The number of likely N-dealkylation sites (tertiary alicyclic amines) is 1. The van der Waals surface area contributed by atoms with Crippen LogP contribution in [0.25, 0.3) is 0 Å². The highest BCUT2D eigenvalue weighted by Gasteiger charge is 2.23. The van der Waals surface area contributed by atoms with E-state index in [1.807, 2.05) is 0 Å². The molecule has 3 rings (SSSR count). The molecule has 1 aliphatic rings. The quantitative estimate of drug-likeness (QED) is 0.770. The van der Waals surface area contributed by atoms with Gasteiger partial charge in [-0.2, -0.15) is 0 Å². The molecule has 2 aromatic rings. The molecule has 140 valence electrons. The molecule has 4 nitrogen and oxygen atoms in total. The second-order valence-corrected chi connectivity index (χ2v) is 7.93. The van der Waals surface area contributed by atoms with Crippen molar-refractivity contribution in [2.75, 3.05) is 26.7 Å². The van der Waals surface area contributed by atoms with Gasteiger partial charge >= 0.3 is 0 Å². The first kappa shape index (κ1) is 19.2. The molecule has 6 heteroatoms. The maximum Gasteiger partial charge on any atom is 0.251 e. The van der Waals surface area contributed by atoms with Gasteiger partial charge in [-0.25, -0.2) is 0 Å². The van der Waals surface area contributed by atoms with Gasteiger partial charge in [-0.1, -0.05) is 30.5 Å². The van der Waals surface area contributed by atoms with Gasteiger partial charge in [0.05, 0.1) is 18.2 Å². The highest BCUT2D eigenvalue weighted by atomic mass is 35.5. The lowest BCUT2D eigenvalue weighted by molar-refractivity contribution is 0.0934. The summed E-state index contributed by atoms with van der Waals surface area (Å²) in [5, 5.41) is 5.65. The lowest BCUT2D eigenvalue weighted by Gasteiger charge is -2.30. The summed E-state index contributed by atoms with van der Waals surface area (Å²) >= 11 is 7.90. The van der Waals surface area contributed by atoms with E-state index >= 15 is 0 Å². The zero-order valence-electron chi connectivity index (χ0n) is 15.0. The third-order valence-electron chi connectivity index (χ3n) is 4.82. The maximum absolute atomic E-state index is 12.6. The average molecular weight is 393 g/mol. The molecular formula is C20H25ClN2O2S. The Hall–Kier alpha value is -1.56. The Bertz CT molecular complexity index is 713. The molecule has 0 radical (unpaired) electrons. The fourth-order valence-corrected chi connectivity index (χ4v) is 4.51. The molecule has 0 unspecified atom stereocenters. The molecule has 1 aromatic heterocycles. The van der Waals surface area contributed by atoms with Gasteiger partial charge < -0.3 is 10.1 Å². The van der Waals surface area contributed by atoms with Crippen LogP contribution in [0.15, 0.2) is 35.7 Å². The Balaban J connectivity index is 1.69. The van der Waals surface area contributed by atoms with Crippen LogP contribution in [0.4, 0.5) is 0 Å². The molecule has 1 atom stereocenters. The number of nitrogens with zero attached hydrogens (tertiary/aromatic N) is 1. The van der Waals surface area contributed by atoms with E-state index in [0.29, 0.717) is 22.9 Å². The number of nitrogens with one attached hydrogen (secondary N) is 1. The zero-order valence-corrected chi connectivity index (χ0v) is 16.6. The van der Waals surface area contributed by atoms with Crippen LogP contribution in [0.3, 0.4) is 0 Å². The first-order valence-electron chi connectivity index (χ1n) is 9.08. The summed E-state index contributed by atoms with van der Waals surface area (Å²) in [4.78, 5) is 16.4. The minimum absolute atomic E-state index is 0.106. The molecule has 0 saturated carbocycles. The van der Waals surface area contributed by atoms with Gasteiger partial charge in [0.25, 0.3) is 5.91 Å². The van der Waals surface area contributed by atoms with Gasteiger partial charge in [0, 0.05) is 17.0 Å². The van der Waals surface area contributed by atoms with Crippen molar-refractivity contribution in [3.8, 4) is 5.75 Å². The molecule has 0 bridgehead atoms. The number of hydrogen-bond acceptors (Lipinski definition) is 4. The van der Waals surface area contributed by atoms with Gasteiger partial charge in [-0.15, -0.1) is 11.3 Å². The standard InChI is InChI=1S/C20H25ClN2O2S/c1-25-18-9-8-15(13-16(18)21)20(24)22-14-17(19-7-6-12-26-19)23-10-4-2-3-5-11-23/h6-9,12-13,17H,2-5,10-11,14H2,1H3,(H,22,24)/t17-/m1/s1. The van der Waals surface area contributed by atoms with Gasteiger partial charge in [-0.3, -0.25) is 9.69 Å². The van der Waals surface area contributed by atoms with Gasteiger partial charge in [0.2, 0.25) is 0 Å². The van der Waals surface area contributed by atoms with Crippen molar-refractivity contribution in [1.82, 2.24) is 10.2 Å². The van der Waals surface area contributed by atoms with Crippen molar-refractivity contribution in [2.24, 2.45) is 0 Å². The van der Waals surface area contributed by atoms with Crippen molar-refractivity contribution in [2.45, 2.75) is 31.7 Å². The van der Waals surface area contributed by atoms with Gasteiger partial charge in [0.15, 0.2) is 0 Å². The Morgan fingerprint density at radius 2 is 2.04 bits per heavy atom. The second kappa shape index (κ2) is 9.40. The van der Waals surface area contributed by atoms with E-state index in [4.69, 9.17) is 16.3 Å². The highest BCUT2D eigenvalue weighted by molar-refractivity contribution is 7.10. The number of halogens is 1. The number of amides is 1. The molecule has 0 spiro atoms. The number of carbonyl (C=O) groups is 1. The Morgan fingerprint density at radius 1 is 1.27 bits per heavy atom. The number of carbonyl (C=O) groups excluding carboxylic acids is 1. The van der Waals surface area contributed by atoms with Crippen LogP contribution in [-0.2, 0) is 0 Å². The van der Waals surface area contributed by atoms with Crippen molar-refractivity contribution >= 4 is 28.8 Å². The summed E-state index contributed by atoms with van der Waals surface area (Å²) in [7, 11) is 1.56. The maximum atomic E-state index is 12.6. The molecule has 1 amide bonds. The van der Waals surface area contributed by atoms with E-state index < -0.39 is 0 Å². The number of benzene rings is 1. The monoisotopic (exact) mass is 392 g/mol. The smallest absolute Gasteiger partial charge is 0.251 e. The summed E-state index contributed by atoms with van der Waals surface area (Å²) in [5.74, 6) is 0.468. The molecule has 1 aromatic carbocycles. The minimum atomic E-state index is -0.106. The predicted octanol–water partition coefficient (Wildman–Crippen LogP) is 4.76. The molecule has 26 heavy (non-hydrogen) atoms. The Kier molecular flexibility index (Phi) is 6.94. The van der Waals surface area contributed by atoms with Gasteiger partial charge in [0.1, 0.15) is 5.75 Å². The van der Waals surface area contributed by atoms with Gasteiger partial charge in [-0.05, 0) is 55.6 Å². The SMILES string of the molecule is COc1ccc(C(=O)NC[C@H](c2cccs2)N2CCCCCC2)cc1Cl. The third kappa shape index (κ3) is 4.78. The van der Waals surface area contributed by atoms with Crippen LogP contribution >= 0.6 is 22.9 Å². The number of thiophene rings is 1. The highest BCUT2D eigenvalue weighted by Crippen LogP contribution is 2.28. The molecular weight excluding hydrogens is 368 g/mol. The van der Waals surface area contributed by atoms with E-state index in [1.54, 1.807) is 36.6 Å². The summed E-state index contributed by atoms with van der Waals surface area (Å²) in [6.07, 6.45) is 5.04. The molecule has 1 fully saturated rings. The lowest BCUT2D eigenvalue weighted by Crippen LogP contribution is -2.38. The van der Waals surface area contributed by atoms with E-state index in [9.17, 15) is 4.79 Å². The minimum Gasteiger partial charge on any atom is -0.495 e. The summed E-state index contributed by atoms with van der Waals surface area (Å²) in [6, 6.07) is 9.59. The van der Waals surface area contributed by atoms with E-state index in [0.717, 1.165) is 13.1 Å². The topological polar surface area (TPSA) is 41.6 Å². The van der Waals surface area contributed by atoms with Crippen LogP contribution in [-0.4, -0.2) is 37.6 Å². The van der Waals surface area contributed by atoms with Crippen LogP contribution < -0.4 is 10.1 Å². The fourth-order valence-electron chi connectivity index (χ4n) is 3.40. The van der Waals surface area contributed by atoms with Crippen molar-refractivity contribution < 1.29 is 9.53 Å². The average Bonchev–Trinajstić information content (AvgIpc) is 3.04. The second-order valence-electron chi connectivity index (χ2n) is 6.54. The number of methoxy groups -OCH3 is 1. The van der Waals surface area contributed by atoms with Crippen molar-refractivity contribution in [3.05, 3.63) is 51.2 Å². The Morgan fingerprint density at radius 3 is 2.65 bits per heavy atom. The summed E-state index contributed by atoms with van der Waals surface area (Å²) in [5.41, 5.74) is 0.552. The molecule has 1 aliphatic heterocycles. The molecule has 2 heterocycles. The van der Waals surface area contributed by atoms with Crippen LogP contribution in [0.2, 0.25) is 5.02 Å². The van der Waals surface area contributed by atoms with Crippen LogP contribution in [0.5, 0.6) is 5.75 Å². The largest absolute Gasteiger partial charge is 0.495 e. The molecule has 1 N–H and O–H groups in total. The third-order valence-corrected chi connectivity index (χ3v) is 6.09. The van der Waals surface area contributed by atoms with Crippen molar-refractivity contribution in [3.63, 3.8) is 0 Å².